The third kappa shape index (κ3) is 4.45. The van der Waals surface area contributed by atoms with E-state index in [2.05, 4.69) is 32.2 Å². The predicted octanol–water partition coefficient (Wildman–Crippen LogP) is 3.13. The summed E-state index contributed by atoms with van der Waals surface area (Å²) < 4.78 is 5.43. The van der Waals surface area contributed by atoms with Crippen LogP contribution in [0.25, 0.3) is 11.3 Å². The number of aromatic nitrogens is 1. The number of para-hydroxylation sites is 1. The zero-order chi connectivity index (χ0) is 20.1. The lowest BCUT2D eigenvalue weighted by Crippen LogP contribution is -2.40. The first-order valence-electron chi connectivity index (χ1n) is 9.57. The van der Waals surface area contributed by atoms with Crippen LogP contribution in [0.15, 0.2) is 70.2 Å². The summed E-state index contributed by atoms with van der Waals surface area (Å²) in [6.07, 6.45) is 0.449. The lowest BCUT2D eigenvalue weighted by Gasteiger charge is -2.26. The molecule has 7 nitrogen and oxygen atoms in total. The highest BCUT2D eigenvalue weighted by molar-refractivity contribution is 5.94. The number of carbonyl (C=O) groups excluding carboxylic acids is 1. The van der Waals surface area contributed by atoms with E-state index in [-0.39, 0.29) is 11.8 Å². The first-order chi connectivity index (χ1) is 14.2. The highest BCUT2D eigenvalue weighted by Gasteiger charge is 2.24. The monoisotopic (exact) mass is 389 g/mol. The Morgan fingerprint density at radius 2 is 1.97 bits per heavy atom. The van der Waals surface area contributed by atoms with Gasteiger partial charge in [-0.05, 0) is 11.6 Å². The van der Waals surface area contributed by atoms with Crippen LogP contribution in [0.1, 0.15) is 23.6 Å². The third-order valence-electron chi connectivity index (χ3n) is 4.90. The SMILES string of the molecule is CN=C(NCc1cc(-c2ccccc2)on1)NCC1CC(=O)Nc2ccccc21. The van der Waals surface area contributed by atoms with Crippen molar-refractivity contribution in [3.05, 3.63) is 71.9 Å². The Hall–Kier alpha value is -3.61. The molecule has 1 atom stereocenters. The molecule has 1 aliphatic rings. The zero-order valence-electron chi connectivity index (χ0n) is 16.2. The zero-order valence-corrected chi connectivity index (χ0v) is 16.2. The average Bonchev–Trinajstić information content (AvgIpc) is 3.23. The van der Waals surface area contributed by atoms with Crippen LogP contribution in [0, 0.1) is 0 Å². The molecule has 3 N–H and O–H groups in total. The van der Waals surface area contributed by atoms with Crippen LogP contribution in [0.5, 0.6) is 0 Å². The van der Waals surface area contributed by atoms with E-state index in [0.29, 0.717) is 25.5 Å². The van der Waals surface area contributed by atoms with Gasteiger partial charge in [0.15, 0.2) is 11.7 Å². The summed E-state index contributed by atoms with van der Waals surface area (Å²) in [7, 11) is 1.72. The number of rotatable bonds is 5. The Morgan fingerprint density at radius 3 is 2.79 bits per heavy atom. The summed E-state index contributed by atoms with van der Waals surface area (Å²) in [6.45, 7) is 1.09. The van der Waals surface area contributed by atoms with Crippen LogP contribution < -0.4 is 16.0 Å². The van der Waals surface area contributed by atoms with Gasteiger partial charge in [-0.1, -0.05) is 53.7 Å². The molecule has 0 aliphatic carbocycles. The van der Waals surface area contributed by atoms with Crippen LogP contribution in [-0.2, 0) is 11.3 Å². The summed E-state index contributed by atoms with van der Waals surface area (Å²) in [5.41, 5.74) is 3.80. The fourth-order valence-electron chi connectivity index (χ4n) is 3.43. The summed E-state index contributed by atoms with van der Waals surface area (Å²) in [4.78, 5) is 16.2. The Kier molecular flexibility index (Phi) is 5.56. The van der Waals surface area contributed by atoms with E-state index < -0.39 is 0 Å². The summed E-state index contributed by atoms with van der Waals surface area (Å²) in [5, 5.41) is 13.6. The number of anilines is 1. The standard InChI is InChI=1S/C22H23N5O2/c1-23-22(24-13-16-11-21(28)26-19-10-6-5-9-18(16)19)25-14-17-12-20(29-27-17)15-7-3-2-4-8-15/h2-10,12,16H,11,13-14H2,1H3,(H,26,28)(H2,23,24,25). The van der Waals surface area contributed by atoms with Crippen molar-refractivity contribution in [1.82, 2.24) is 15.8 Å². The lowest BCUT2D eigenvalue weighted by molar-refractivity contribution is -0.116. The van der Waals surface area contributed by atoms with Gasteiger partial charge in [0.2, 0.25) is 5.91 Å². The number of hydrogen-bond acceptors (Lipinski definition) is 4. The van der Waals surface area contributed by atoms with Gasteiger partial charge in [0.25, 0.3) is 0 Å². The van der Waals surface area contributed by atoms with Gasteiger partial charge in [0, 0.05) is 43.2 Å². The molecule has 0 radical (unpaired) electrons. The van der Waals surface area contributed by atoms with Gasteiger partial charge in [0.05, 0.1) is 6.54 Å². The number of guanidine groups is 1. The van der Waals surface area contributed by atoms with E-state index in [9.17, 15) is 4.79 Å². The molecule has 1 unspecified atom stereocenters. The average molecular weight is 389 g/mol. The number of hydrogen-bond donors (Lipinski definition) is 3. The molecular formula is C22H23N5O2. The molecule has 0 bridgehead atoms. The van der Waals surface area contributed by atoms with Crippen molar-refractivity contribution >= 4 is 17.6 Å². The van der Waals surface area contributed by atoms with E-state index in [1.807, 2.05) is 54.6 Å². The highest BCUT2D eigenvalue weighted by atomic mass is 16.5. The summed E-state index contributed by atoms with van der Waals surface area (Å²) in [6, 6.07) is 19.7. The molecule has 2 heterocycles. The van der Waals surface area contributed by atoms with Crippen LogP contribution in [0.2, 0.25) is 0 Å². The molecule has 3 aromatic rings. The van der Waals surface area contributed by atoms with E-state index in [1.54, 1.807) is 7.05 Å². The Balaban J connectivity index is 1.34. The fraction of sp³-hybridized carbons (Fsp3) is 0.227. The maximum Gasteiger partial charge on any atom is 0.225 e. The Labute approximate surface area is 169 Å². The molecule has 29 heavy (non-hydrogen) atoms. The van der Waals surface area contributed by atoms with E-state index in [1.165, 1.54) is 0 Å². The molecule has 0 saturated heterocycles. The van der Waals surface area contributed by atoms with Crippen molar-refractivity contribution in [2.75, 3.05) is 18.9 Å². The molecule has 1 aliphatic heterocycles. The minimum atomic E-state index is 0.0366. The van der Waals surface area contributed by atoms with Crippen molar-refractivity contribution < 1.29 is 9.32 Å². The molecule has 1 amide bonds. The largest absolute Gasteiger partial charge is 0.356 e. The third-order valence-corrected chi connectivity index (χ3v) is 4.90. The number of amides is 1. The maximum atomic E-state index is 12.0. The highest BCUT2D eigenvalue weighted by Crippen LogP contribution is 2.31. The second-order valence-electron chi connectivity index (χ2n) is 6.89. The van der Waals surface area contributed by atoms with Crippen LogP contribution in [-0.4, -0.2) is 30.6 Å². The van der Waals surface area contributed by atoms with Gasteiger partial charge in [0.1, 0.15) is 5.69 Å². The fourth-order valence-corrected chi connectivity index (χ4v) is 3.43. The molecular weight excluding hydrogens is 366 g/mol. The first kappa shape index (κ1) is 18.7. The Morgan fingerprint density at radius 1 is 1.17 bits per heavy atom. The van der Waals surface area contributed by atoms with Crippen molar-refractivity contribution in [3.63, 3.8) is 0 Å². The molecule has 0 saturated carbocycles. The van der Waals surface area contributed by atoms with Gasteiger partial charge in [-0.3, -0.25) is 9.79 Å². The molecule has 0 spiro atoms. The molecule has 148 valence electrons. The molecule has 7 heteroatoms. The van der Waals surface area contributed by atoms with Gasteiger partial charge in [-0.25, -0.2) is 0 Å². The predicted molar refractivity (Wildman–Crippen MR) is 113 cm³/mol. The van der Waals surface area contributed by atoms with Crippen molar-refractivity contribution in [1.29, 1.82) is 0 Å². The number of nitrogens with one attached hydrogen (secondary N) is 3. The second-order valence-corrected chi connectivity index (χ2v) is 6.89. The quantitative estimate of drug-likeness (QED) is 0.461. The lowest BCUT2D eigenvalue weighted by atomic mass is 9.90. The van der Waals surface area contributed by atoms with E-state index in [4.69, 9.17) is 4.52 Å². The van der Waals surface area contributed by atoms with Crippen LogP contribution in [0.4, 0.5) is 5.69 Å². The number of nitrogens with zero attached hydrogens (tertiary/aromatic N) is 2. The number of fused-ring (bicyclic) bond motifs is 1. The molecule has 1 aromatic heterocycles. The van der Waals surface area contributed by atoms with E-state index >= 15 is 0 Å². The minimum Gasteiger partial charge on any atom is -0.356 e. The van der Waals surface area contributed by atoms with Crippen LogP contribution >= 0.6 is 0 Å². The normalized spacial score (nSPS) is 16.1. The summed E-state index contributed by atoms with van der Waals surface area (Å²) >= 11 is 0. The molecule has 0 fully saturated rings. The van der Waals surface area contributed by atoms with Crippen molar-refractivity contribution in [2.45, 2.75) is 18.9 Å². The Bertz CT molecular complexity index is 1010. The summed E-state index contributed by atoms with van der Waals surface area (Å²) in [5.74, 6) is 1.51. The smallest absolute Gasteiger partial charge is 0.225 e. The first-order valence-corrected chi connectivity index (χ1v) is 9.57. The maximum absolute atomic E-state index is 12.0. The van der Waals surface area contributed by atoms with Gasteiger partial charge in [-0.2, -0.15) is 0 Å². The van der Waals surface area contributed by atoms with Gasteiger partial charge in [-0.15, -0.1) is 0 Å². The van der Waals surface area contributed by atoms with E-state index in [0.717, 1.165) is 28.3 Å². The molecule has 4 rings (SSSR count). The van der Waals surface area contributed by atoms with Gasteiger partial charge >= 0.3 is 0 Å². The minimum absolute atomic E-state index is 0.0366. The number of carbonyl (C=O) groups is 1. The topological polar surface area (TPSA) is 91.6 Å². The van der Waals surface area contributed by atoms with Crippen LogP contribution in [0.3, 0.4) is 0 Å². The second kappa shape index (κ2) is 8.60. The number of aliphatic imine (C=N–C) groups is 1. The van der Waals surface area contributed by atoms with Gasteiger partial charge < -0.3 is 20.5 Å². The number of benzene rings is 2. The van der Waals surface area contributed by atoms with Crippen molar-refractivity contribution in [2.24, 2.45) is 4.99 Å². The molecule has 2 aromatic carbocycles. The van der Waals surface area contributed by atoms with Crippen molar-refractivity contribution in [3.8, 4) is 11.3 Å².